The van der Waals surface area contributed by atoms with Crippen LogP contribution in [0.25, 0.3) is 0 Å². The fourth-order valence-corrected chi connectivity index (χ4v) is 1.44. The maximum atomic E-state index is 10.9. The number of carbonyl (C=O) groups is 1. The highest BCUT2D eigenvalue weighted by atomic mass is 16.7. The molecule has 0 atom stereocenters. The highest BCUT2D eigenvalue weighted by molar-refractivity contribution is 6.01. The Bertz CT molecular complexity index is 269. The number of ketones is 1. The Hall–Kier alpha value is -0.930. The van der Waals surface area contributed by atoms with Crippen molar-refractivity contribution < 1.29 is 14.3 Å². The molecule has 3 nitrogen and oxygen atoms in total. The molecule has 0 aromatic rings. The van der Waals surface area contributed by atoms with Crippen molar-refractivity contribution in [2.45, 2.75) is 12.7 Å². The summed E-state index contributed by atoms with van der Waals surface area (Å²) in [5, 5.41) is 0. The number of hydrogen-bond donors (Lipinski definition) is 0. The second-order valence-electron chi connectivity index (χ2n) is 2.93. The molecular weight excluding hydrogens is 156 g/mol. The summed E-state index contributed by atoms with van der Waals surface area (Å²) in [6.07, 6.45) is 4.71. The topological polar surface area (TPSA) is 35.5 Å². The van der Waals surface area contributed by atoms with E-state index in [1.165, 1.54) is 6.08 Å². The van der Waals surface area contributed by atoms with Gasteiger partial charge < -0.3 is 9.47 Å². The summed E-state index contributed by atoms with van der Waals surface area (Å²) in [6, 6.07) is 0. The van der Waals surface area contributed by atoms with E-state index in [2.05, 4.69) is 0 Å². The third kappa shape index (κ3) is 1.02. The molecule has 1 heterocycles. The van der Waals surface area contributed by atoms with E-state index >= 15 is 0 Å². The summed E-state index contributed by atoms with van der Waals surface area (Å²) in [4.78, 5) is 10.9. The van der Waals surface area contributed by atoms with Crippen LogP contribution in [0.4, 0.5) is 0 Å². The first-order valence-electron chi connectivity index (χ1n) is 3.93. The lowest BCUT2D eigenvalue weighted by atomic mass is 10.0. The van der Waals surface area contributed by atoms with Crippen molar-refractivity contribution in [2.75, 3.05) is 13.2 Å². The Morgan fingerprint density at radius 1 is 1.42 bits per heavy atom. The van der Waals surface area contributed by atoms with Crippen molar-refractivity contribution in [3.63, 3.8) is 0 Å². The largest absolute Gasteiger partial charge is 0.340 e. The lowest BCUT2D eigenvalue weighted by Gasteiger charge is -2.26. The smallest absolute Gasteiger partial charge is 0.211 e. The lowest BCUT2D eigenvalue weighted by Crippen LogP contribution is -2.31. The second kappa shape index (κ2) is 2.54. The summed E-state index contributed by atoms with van der Waals surface area (Å²) in [5.41, 5.74) is 0.826. The van der Waals surface area contributed by atoms with Crippen LogP contribution in [0.5, 0.6) is 0 Å². The number of hydrogen-bond acceptors (Lipinski definition) is 3. The molecule has 1 fully saturated rings. The van der Waals surface area contributed by atoms with Crippen molar-refractivity contribution in [1.29, 1.82) is 0 Å². The minimum absolute atomic E-state index is 0.00257. The maximum Gasteiger partial charge on any atom is 0.211 e. The summed E-state index contributed by atoms with van der Waals surface area (Å²) in [6.45, 7) is 3.01. The van der Waals surface area contributed by atoms with E-state index in [-0.39, 0.29) is 5.78 Å². The van der Waals surface area contributed by atoms with Crippen LogP contribution in [0.2, 0.25) is 0 Å². The van der Waals surface area contributed by atoms with E-state index in [1.54, 1.807) is 12.2 Å². The molecule has 0 aromatic heterocycles. The monoisotopic (exact) mass is 166 g/mol. The molecule has 64 valence electrons. The molecule has 1 aliphatic heterocycles. The predicted molar refractivity (Wildman–Crippen MR) is 42.5 cm³/mol. The molecule has 1 spiro atoms. The Balaban J connectivity index is 2.33. The zero-order valence-electron chi connectivity index (χ0n) is 6.87. The van der Waals surface area contributed by atoms with Crippen LogP contribution in [-0.4, -0.2) is 24.8 Å². The summed E-state index contributed by atoms with van der Waals surface area (Å²) < 4.78 is 10.8. The van der Waals surface area contributed by atoms with Gasteiger partial charge in [-0.2, -0.15) is 0 Å². The van der Waals surface area contributed by atoms with E-state index < -0.39 is 5.79 Å². The van der Waals surface area contributed by atoms with Gasteiger partial charge in [-0.25, -0.2) is 0 Å². The third-order valence-corrected chi connectivity index (χ3v) is 2.09. The van der Waals surface area contributed by atoms with Crippen LogP contribution in [0.1, 0.15) is 6.92 Å². The number of allylic oxidation sites excluding steroid dienone is 2. The quantitative estimate of drug-likeness (QED) is 0.534. The van der Waals surface area contributed by atoms with Crippen molar-refractivity contribution in [1.82, 2.24) is 0 Å². The van der Waals surface area contributed by atoms with Crippen molar-refractivity contribution in [3.8, 4) is 0 Å². The molecule has 0 bridgehead atoms. The minimum atomic E-state index is -0.728. The highest BCUT2D eigenvalue weighted by Crippen LogP contribution is 2.31. The summed E-state index contributed by atoms with van der Waals surface area (Å²) in [7, 11) is 0. The Labute approximate surface area is 70.7 Å². The first-order chi connectivity index (χ1) is 5.73. The normalized spacial score (nSPS) is 26.4. The van der Waals surface area contributed by atoms with Gasteiger partial charge in [0.15, 0.2) is 5.78 Å². The van der Waals surface area contributed by atoms with Gasteiger partial charge in [-0.3, -0.25) is 4.79 Å². The standard InChI is InChI=1S/C9H10O3/c1-7-6-8(10)2-3-9(7)11-4-5-12-9/h2-3,6H,4-5H2,1H3. The van der Waals surface area contributed by atoms with Crippen LogP contribution in [-0.2, 0) is 14.3 Å². The van der Waals surface area contributed by atoms with Crippen molar-refractivity contribution in [3.05, 3.63) is 23.8 Å². The molecule has 1 aliphatic carbocycles. The number of rotatable bonds is 0. The predicted octanol–water partition coefficient (Wildman–Crippen LogP) is 0.815. The molecule has 0 unspecified atom stereocenters. The molecule has 2 rings (SSSR count). The zero-order valence-corrected chi connectivity index (χ0v) is 6.87. The van der Waals surface area contributed by atoms with Crippen LogP contribution in [0, 0.1) is 0 Å². The van der Waals surface area contributed by atoms with Gasteiger partial charge >= 0.3 is 0 Å². The molecule has 0 amide bonds. The van der Waals surface area contributed by atoms with E-state index in [1.807, 2.05) is 6.92 Å². The van der Waals surface area contributed by atoms with E-state index in [4.69, 9.17) is 9.47 Å². The molecule has 0 N–H and O–H groups in total. The Kier molecular flexibility index (Phi) is 1.63. The molecule has 12 heavy (non-hydrogen) atoms. The number of ether oxygens (including phenoxy) is 2. The van der Waals surface area contributed by atoms with Gasteiger partial charge in [-0.15, -0.1) is 0 Å². The fourth-order valence-electron chi connectivity index (χ4n) is 1.44. The van der Waals surface area contributed by atoms with Crippen molar-refractivity contribution in [2.24, 2.45) is 0 Å². The van der Waals surface area contributed by atoms with Gasteiger partial charge in [-0.1, -0.05) is 0 Å². The van der Waals surface area contributed by atoms with Gasteiger partial charge in [0.2, 0.25) is 5.79 Å². The van der Waals surface area contributed by atoms with Crippen LogP contribution in [0.3, 0.4) is 0 Å². The van der Waals surface area contributed by atoms with Gasteiger partial charge in [0.1, 0.15) is 0 Å². The first-order valence-corrected chi connectivity index (χ1v) is 3.93. The van der Waals surface area contributed by atoms with E-state index in [9.17, 15) is 4.79 Å². The highest BCUT2D eigenvalue weighted by Gasteiger charge is 2.37. The summed E-state index contributed by atoms with van der Waals surface area (Å²) in [5.74, 6) is -0.731. The van der Waals surface area contributed by atoms with E-state index in [0.29, 0.717) is 13.2 Å². The lowest BCUT2D eigenvalue weighted by molar-refractivity contribution is -0.113. The van der Waals surface area contributed by atoms with Gasteiger partial charge in [0, 0.05) is 0 Å². The average Bonchev–Trinajstić information content (AvgIpc) is 2.48. The molecule has 3 heteroatoms. The van der Waals surface area contributed by atoms with Crippen LogP contribution >= 0.6 is 0 Å². The third-order valence-electron chi connectivity index (χ3n) is 2.09. The SMILES string of the molecule is CC1=CC(=O)C=CC12OCCO2. The maximum absolute atomic E-state index is 10.9. The molecule has 0 saturated carbocycles. The van der Waals surface area contributed by atoms with Crippen molar-refractivity contribution >= 4 is 5.78 Å². The number of carbonyl (C=O) groups excluding carboxylic acids is 1. The molecule has 2 aliphatic rings. The summed E-state index contributed by atoms with van der Waals surface area (Å²) >= 11 is 0. The molecular formula is C9H10O3. The average molecular weight is 166 g/mol. The van der Waals surface area contributed by atoms with Crippen LogP contribution in [0.15, 0.2) is 23.8 Å². The Morgan fingerprint density at radius 2 is 2.08 bits per heavy atom. The zero-order chi connectivity index (χ0) is 8.60. The molecule has 0 radical (unpaired) electrons. The van der Waals surface area contributed by atoms with Crippen LogP contribution < -0.4 is 0 Å². The molecule has 0 aromatic carbocycles. The first kappa shape index (κ1) is 7.71. The van der Waals surface area contributed by atoms with Gasteiger partial charge in [0.25, 0.3) is 0 Å². The Morgan fingerprint density at radius 3 is 2.67 bits per heavy atom. The van der Waals surface area contributed by atoms with E-state index in [0.717, 1.165) is 5.57 Å². The van der Waals surface area contributed by atoms with Gasteiger partial charge in [-0.05, 0) is 30.7 Å². The second-order valence-corrected chi connectivity index (χ2v) is 2.93. The fraction of sp³-hybridized carbons (Fsp3) is 0.444. The minimum Gasteiger partial charge on any atom is -0.340 e. The molecule has 1 saturated heterocycles. The van der Waals surface area contributed by atoms with Gasteiger partial charge in [0.05, 0.1) is 13.2 Å².